The van der Waals surface area contributed by atoms with Gasteiger partial charge >= 0.3 is 5.97 Å². The summed E-state index contributed by atoms with van der Waals surface area (Å²) in [5.74, 6) is -0.253. The minimum absolute atomic E-state index is 0.184. The van der Waals surface area contributed by atoms with Crippen LogP contribution in [0.2, 0.25) is 0 Å². The topological polar surface area (TPSA) is 77.5 Å². The normalized spacial score (nSPS) is 10.4. The molecule has 0 aliphatic rings. The third kappa shape index (κ3) is 5.42. The van der Waals surface area contributed by atoms with Crippen LogP contribution in [0.15, 0.2) is 53.0 Å². The van der Waals surface area contributed by atoms with Crippen molar-refractivity contribution in [3.05, 3.63) is 63.6 Å². The summed E-state index contributed by atoms with van der Waals surface area (Å²) in [6, 6.07) is 15.7. The van der Waals surface area contributed by atoms with Gasteiger partial charge in [-0.3, -0.25) is 10.1 Å². The summed E-state index contributed by atoms with van der Waals surface area (Å²) in [4.78, 5) is 28.6. The van der Waals surface area contributed by atoms with Gasteiger partial charge in [-0.25, -0.2) is 9.78 Å². The Kier molecular flexibility index (Phi) is 7.00. The van der Waals surface area contributed by atoms with Crippen molar-refractivity contribution in [2.75, 3.05) is 18.5 Å². The van der Waals surface area contributed by atoms with Crippen LogP contribution in [0.4, 0.5) is 5.13 Å². The molecule has 1 amide bonds. The fourth-order valence-electron chi connectivity index (χ4n) is 2.56. The highest BCUT2D eigenvalue weighted by Gasteiger charge is 2.17. The van der Waals surface area contributed by atoms with Gasteiger partial charge in [-0.05, 0) is 53.0 Å². The van der Waals surface area contributed by atoms with Gasteiger partial charge in [0.15, 0.2) is 11.7 Å². The number of hydrogen-bond acceptors (Lipinski definition) is 6. The molecule has 1 N–H and O–H groups in total. The smallest absolute Gasteiger partial charge is 0.350 e. The highest BCUT2D eigenvalue weighted by molar-refractivity contribution is 9.10. The minimum Gasteiger partial charge on any atom is -0.483 e. The monoisotopic (exact) mass is 474 g/mol. The second-order valence-corrected chi connectivity index (χ2v) is 7.86. The van der Waals surface area contributed by atoms with Crippen LogP contribution in [0, 0.1) is 6.92 Å². The SMILES string of the molecule is CCOC(=O)c1sc(NC(=O)COc2ccc(-c3ccccc3)cc2Br)nc1C. The van der Waals surface area contributed by atoms with E-state index in [1.807, 2.05) is 48.5 Å². The molecule has 0 aliphatic heterocycles. The molecule has 8 heteroatoms. The van der Waals surface area contributed by atoms with Crippen molar-refractivity contribution in [2.24, 2.45) is 0 Å². The molecule has 3 rings (SSSR count). The Morgan fingerprint density at radius 3 is 2.59 bits per heavy atom. The van der Waals surface area contributed by atoms with Gasteiger partial charge < -0.3 is 9.47 Å². The van der Waals surface area contributed by atoms with Crippen molar-refractivity contribution in [1.82, 2.24) is 4.98 Å². The molecular weight excluding hydrogens is 456 g/mol. The summed E-state index contributed by atoms with van der Waals surface area (Å²) >= 11 is 4.56. The molecule has 0 unspecified atom stereocenters. The van der Waals surface area contributed by atoms with Crippen LogP contribution in [0.5, 0.6) is 5.75 Å². The number of benzene rings is 2. The summed E-state index contributed by atoms with van der Waals surface area (Å²) in [5, 5.41) is 2.98. The third-order valence-electron chi connectivity index (χ3n) is 3.90. The van der Waals surface area contributed by atoms with E-state index in [1.165, 1.54) is 0 Å². The molecule has 0 atom stereocenters. The lowest BCUT2D eigenvalue weighted by Gasteiger charge is -2.09. The number of carbonyl (C=O) groups is 2. The summed E-state index contributed by atoms with van der Waals surface area (Å²) in [6.07, 6.45) is 0. The Balaban J connectivity index is 1.60. The van der Waals surface area contributed by atoms with Gasteiger partial charge in [0, 0.05) is 0 Å². The predicted octanol–water partition coefficient (Wildman–Crippen LogP) is 5.08. The summed E-state index contributed by atoms with van der Waals surface area (Å²) in [5.41, 5.74) is 2.65. The Morgan fingerprint density at radius 1 is 1.14 bits per heavy atom. The number of aromatic nitrogens is 1. The lowest BCUT2D eigenvalue weighted by Crippen LogP contribution is -2.20. The van der Waals surface area contributed by atoms with Crippen molar-refractivity contribution < 1.29 is 19.1 Å². The first-order valence-corrected chi connectivity index (χ1v) is 10.5. The standard InChI is InChI=1S/C21H19BrN2O4S/c1-3-27-20(26)19-13(2)23-21(29-19)24-18(25)12-28-17-10-9-15(11-16(17)22)14-7-5-4-6-8-14/h4-11H,3,12H2,1-2H3,(H,23,24,25). The van der Waals surface area contributed by atoms with Gasteiger partial charge in [-0.2, -0.15) is 0 Å². The number of esters is 1. The molecule has 3 aromatic rings. The molecule has 0 saturated carbocycles. The number of anilines is 1. The van der Waals surface area contributed by atoms with E-state index in [0.29, 0.717) is 21.5 Å². The number of thiazole rings is 1. The van der Waals surface area contributed by atoms with E-state index in [4.69, 9.17) is 9.47 Å². The third-order valence-corrected chi connectivity index (χ3v) is 5.57. The average molecular weight is 475 g/mol. The predicted molar refractivity (Wildman–Crippen MR) is 117 cm³/mol. The first-order valence-electron chi connectivity index (χ1n) is 8.90. The van der Waals surface area contributed by atoms with E-state index in [1.54, 1.807) is 13.8 Å². The molecule has 0 spiro atoms. The van der Waals surface area contributed by atoms with Crippen molar-refractivity contribution in [3.8, 4) is 16.9 Å². The number of amides is 1. The number of halogens is 1. The number of aryl methyl sites for hydroxylation is 1. The van der Waals surface area contributed by atoms with E-state index in [9.17, 15) is 9.59 Å². The maximum Gasteiger partial charge on any atom is 0.350 e. The molecule has 0 bridgehead atoms. The number of carbonyl (C=O) groups excluding carboxylic acids is 2. The Bertz CT molecular complexity index is 1020. The average Bonchev–Trinajstić information content (AvgIpc) is 3.08. The quantitative estimate of drug-likeness (QED) is 0.483. The van der Waals surface area contributed by atoms with E-state index in [-0.39, 0.29) is 19.1 Å². The Labute approximate surface area is 181 Å². The van der Waals surface area contributed by atoms with E-state index >= 15 is 0 Å². The molecule has 0 aliphatic carbocycles. The first kappa shape index (κ1) is 21.0. The van der Waals surface area contributed by atoms with Crippen LogP contribution in [-0.2, 0) is 9.53 Å². The molecule has 29 heavy (non-hydrogen) atoms. The zero-order valence-corrected chi connectivity index (χ0v) is 18.3. The van der Waals surface area contributed by atoms with Crippen molar-refractivity contribution in [2.45, 2.75) is 13.8 Å². The van der Waals surface area contributed by atoms with Gasteiger partial charge in [0.25, 0.3) is 5.91 Å². The lowest BCUT2D eigenvalue weighted by atomic mass is 10.1. The lowest BCUT2D eigenvalue weighted by molar-refractivity contribution is -0.118. The number of hydrogen-bond donors (Lipinski definition) is 1. The van der Waals surface area contributed by atoms with E-state index < -0.39 is 5.97 Å². The zero-order valence-electron chi connectivity index (χ0n) is 15.9. The van der Waals surface area contributed by atoms with Gasteiger partial charge in [0.1, 0.15) is 10.6 Å². The van der Waals surface area contributed by atoms with Crippen LogP contribution in [0.1, 0.15) is 22.3 Å². The number of nitrogens with zero attached hydrogens (tertiary/aromatic N) is 1. The molecule has 0 radical (unpaired) electrons. The number of ether oxygens (including phenoxy) is 2. The molecule has 1 heterocycles. The maximum atomic E-state index is 12.2. The second-order valence-electron chi connectivity index (χ2n) is 6.00. The van der Waals surface area contributed by atoms with Crippen LogP contribution in [0.25, 0.3) is 11.1 Å². The second kappa shape index (κ2) is 9.67. The minimum atomic E-state index is -0.443. The fraction of sp³-hybridized carbons (Fsp3) is 0.190. The molecule has 0 fully saturated rings. The van der Waals surface area contributed by atoms with Crippen LogP contribution in [-0.4, -0.2) is 30.1 Å². The largest absolute Gasteiger partial charge is 0.483 e. The van der Waals surface area contributed by atoms with Crippen LogP contribution < -0.4 is 10.1 Å². The van der Waals surface area contributed by atoms with Crippen LogP contribution in [0.3, 0.4) is 0 Å². The number of rotatable bonds is 7. The molecule has 1 aromatic heterocycles. The molecule has 0 saturated heterocycles. The van der Waals surface area contributed by atoms with E-state index in [2.05, 4.69) is 26.2 Å². The maximum absolute atomic E-state index is 12.2. The molecule has 150 valence electrons. The summed E-state index contributed by atoms with van der Waals surface area (Å²) < 4.78 is 11.3. The summed E-state index contributed by atoms with van der Waals surface area (Å²) in [6.45, 7) is 3.53. The molecule has 6 nitrogen and oxygen atoms in total. The van der Waals surface area contributed by atoms with Gasteiger partial charge in [-0.1, -0.05) is 47.7 Å². The fourth-order valence-corrected chi connectivity index (χ4v) is 3.93. The van der Waals surface area contributed by atoms with Gasteiger partial charge in [0.05, 0.1) is 16.8 Å². The first-order chi connectivity index (χ1) is 14.0. The van der Waals surface area contributed by atoms with Crippen LogP contribution >= 0.6 is 27.3 Å². The Hall–Kier alpha value is -2.71. The van der Waals surface area contributed by atoms with E-state index in [0.717, 1.165) is 26.9 Å². The van der Waals surface area contributed by atoms with Gasteiger partial charge in [0.2, 0.25) is 0 Å². The zero-order chi connectivity index (χ0) is 20.8. The molecule has 2 aromatic carbocycles. The number of nitrogens with one attached hydrogen (secondary N) is 1. The highest BCUT2D eigenvalue weighted by Crippen LogP contribution is 2.31. The molecular formula is C21H19BrN2O4S. The van der Waals surface area contributed by atoms with Crippen molar-refractivity contribution >= 4 is 44.3 Å². The van der Waals surface area contributed by atoms with Crippen molar-refractivity contribution in [1.29, 1.82) is 0 Å². The highest BCUT2D eigenvalue weighted by atomic mass is 79.9. The van der Waals surface area contributed by atoms with Gasteiger partial charge in [-0.15, -0.1) is 0 Å². The van der Waals surface area contributed by atoms with Crippen molar-refractivity contribution in [3.63, 3.8) is 0 Å². The Morgan fingerprint density at radius 2 is 1.90 bits per heavy atom. The summed E-state index contributed by atoms with van der Waals surface area (Å²) in [7, 11) is 0.